The van der Waals surface area contributed by atoms with Crippen LogP contribution in [0.15, 0.2) is 59.3 Å². The van der Waals surface area contributed by atoms with Crippen LogP contribution in [0.1, 0.15) is 0 Å². The van der Waals surface area contributed by atoms with Gasteiger partial charge in [0.25, 0.3) is 0 Å². The van der Waals surface area contributed by atoms with Crippen molar-refractivity contribution in [3.8, 4) is 0 Å². The van der Waals surface area contributed by atoms with Crippen molar-refractivity contribution in [1.29, 1.82) is 0 Å². The molecule has 1 N–H and O–H groups in total. The fourth-order valence-corrected chi connectivity index (χ4v) is 2.04. The number of nitrogens with zero attached hydrogens (tertiary/aromatic N) is 2. The predicted molar refractivity (Wildman–Crippen MR) is 77.0 cm³/mol. The van der Waals surface area contributed by atoms with Gasteiger partial charge in [-0.3, -0.25) is 0 Å². The van der Waals surface area contributed by atoms with Gasteiger partial charge in [-0.05, 0) is 36.4 Å². The number of halogens is 2. The fourth-order valence-electron chi connectivity index (χ4n) is 1.77. The molecule has 3 aromatic rings. The van der Waals surface area contributed by atoms with E-state index in [0.717, 1.165) is 26.9 Å². The van der Waals surface area contributed by atoms with E-state index in [2.05, 4.69) is 31.2 Å². The molecule has 0 saturated carbocycles. The highest BCUT2D eigenvalue weighted by molar-refractivity contribution is 9.10. The van der Waals surface area contributed by atoms with Crippen LogP contribution in [0.2, 0.25) is 0 Å². The molecule has 5 heteroatoms. The number of fused-ring (bicyclic) bond motifs is 1. The van der Waals surface area contributed by atoms with Crippen molar-refractivity contribution >= 4 is 38.3 Å². The van der Waals surface area contributed by atoms with Crippen LogP contribution < -0.4 is 17.7 Å². The molecule has 96 valence electrons. The zero-order chi connectivity index (χ0) is 12.4. The topological polar surface area (TPSA) is 37.8 Å². The van der Waals surface area contributed by atoms with Gasteiger partial charge in [-0.2, -0.15) is 0 Å². The minimum absolute atomic E-state index is 0. The summed E-state index contributed by atoms with van der Waals surface area (Å²) in [7, 11) is 0. The van der Waals surface area contributed by atoms with Crippen LogP contribution in [-0.4, -0.2) is 9.97 Å². The maximum absolute atomic E-state index is 4.29. The van der Waals surface area contributed by atoms with E-state index < -0.39 is 0 Å². The molecule has 0 aliphatic carbocycles. The molecule has 0 aliphatic rings. The van der Waals surface area contributed by atoms with Crippen molar-refractivity contribution in [3.05, 3.63) is 59.3 Å². The third kappa shape index (κ3) is 3.03. The third-order valence-corrected chi connectivity index (χ3v) is 3.18. The molecule has 2 aromatic carbocycles. The molecule has 3 rings (SSSR count). The van der Waals surface area contributed by atoms with E-state index in [0.29, 0.717) is 0 Å². The summed E-state index contributed by atoms with van der Waals surface area (Å²) < 4.78 is 1.06. The van der Waals surface area contributed by atoms with Gasteiger partial charge < -0.3 is 17.7 Å². The fraction of sp³-hybridized carbons (Fsp3) is 0. The summed E-state index contributed by atoms with van der Waals surface area (Å²) in [6.45, 7) is 0. The van der Waals surface area contributed by atoms with Gasteiger partial charge in [0.1, 0.15) is 12.1 Å². The molecule has 0 unspecified atom stereocenters. The first-order chi connectivity index (χ1) is 8.83. The average Bonchev–Trinajstić information content (AvgIpc) is 2.42. The van der Waals surface area contributed by atoms with E-state index in [1.165, 1.54) is 0 Å². The quantitative estimate of drug-likeness (QED) is 0.763. The molecule has 0 aliphatic heterocycles. The number of hydrogen-bond donors (Lipinski definition) is 1. The number of anilines is 2. The van der Waals surface area contributed by atoms with Crippen molar-refractivity contribution in [1.82, 2.24) is 9.97 Å². The summed E-state index contributed by atoms with van der Waals surface area (Å²) in [5.74, 6) is 0.822. The molecule has 0 fully saturated rings. The summed E-state index contributed by atoms with van der Waals surface area (Å²) in [5.41, 5.74) is 1.94. The van der Waals surface area contributed by atoms with Crippen molar-refractivity contribution < 1.29 is 12.4 Å². The molecular weight excluding hydrogens is 326 g/mol. The summed E-state index contributed by atoms with van der Waals surface area (Å²) in [5, 5.41) is 4.32. The highest BCUT2D eigenvalue weighted by atomic mass is 79.9. The molecule has 3 nitrogen and oxygen atoms in total. The Kier molecular flexibility index (Phi) is 4.35. The Bertz CT molecular complexity index is 680. The van der Waals surface area contributed by atoms with Gasteiger partial charge in [0.15, 0.2) is 0 Å². The number of nitrogens with one attached hydrogen (secondary N) is 1. The largest absolute Gasteiger partial charge is 1.00 e. The second-order valence-corrected chi connectivity index (χ2v) is 4.79. The molecule has 0 radical (unpaired) electrons. The maximum Gasteiger partial charge on any atom is 0.141 e. The van der Waals surface area contributed by atoms with Crippen LogP contribution in [0.4, 0.5) is 11.5 Å². The standard InChI is InChI=1S/C14H10BrN3.ClH/c15-10-5-7-11(8-6-10)18-14-12-3-1-2-4-13(12)16-9-17-14;/h1-9H,(H,16,17,18);1H/p-1. The Morgan fingerprint density at radius 1 is 0.895 bits per heavy atom. The highest BCUT2D eigenvalue weighted by Crippen LogP contribution is 2.23. The zero-order valence-electron chi connectivity index (χ0n) is 9.85. The van der Waals surface area contributed by atoms with E-state index >= 15 is 0 Å². The van der Waals surface area contributed by atoms with E-state index in [1.807, 2.05) is 48.5 Å². The molecule has 1 aromatic heterocycles. The van der Waals surface area contributed by atoms with Crippen LogP contribution in [0.3, 0.4) is 0 Å². The first-order valence-electron chi connectivity index (χ1n) is 5.55. The van der Waals surface area contributed by atoms with Gasteiger partial charge in [0, 0.05) is 15.5 Å². The summed E-state index contributed by atoms with van der Waals surface area (Å²) >= 11 is 3.42. The van der Waals surface area contributed by atoms with Crippen LogP contribution in [0, 0.1) is 0 Å². The van der Waals surface area contributed by atoms with Crippen LogP contribution in [0.5, 0.6) is 0 Å². The minimum Gasteiger partial charge on any atom is -1.00 e. The summed E-state index contributed by atoms with van der Waals surface area (Å²) in [6, 6.07) is 15.9. The van der Waals surface area contributed by atoms with Gasteiger partial charge in [-0.1, -0.05) is 28.1 Å². The number of hydrogen-bond acceptors (Lipinski definition) is 3. The number of benzene rings is 2. The van der Waals surface area contributed by atoms with E-state index in [4.69, 9.17) is 0 Å². The predicted octanol–water partition coefficient (Wildman–Crippen LogP) is 1.14. The lowest BCUT2D eigenvalue weighted by molar-refractivity contribution is -0.00000352. The second-order valence-electron chi connectivity index (χ2n) is 3.87. The minimum atomic E-state index is 0. The second kappa shape index (κ2) is 5.99. The Hall–Kier alpha value is -1.65. The smallest absolute Gasteiger partial charge is 0.141 e. The third-order valence-electron chi connectivity index (χ3n) is 2.65. The Labute approximate surface area is 125 Å². The Morgan fingerprint density at radius 2 is 1.63 bits per heavy atom. The molecule has 0 saturated heterocycles. The molecule has 1 heterocycles. The molecule has 0 atom stereocenters. The van der Waals surface area contributed by atoms with E-state index in [-0.39, 0.29) is 12.4 Å². The normalized spacial score (nSPS) is 9.95. The maximum atomic E-state index is 4.29. The van der Waals surface area contributed by atoms with Crippen molar-refractivity contribution in [2.24, 2.45) is 0 Å². The van der Waals surface area contributed by atoms with Gasteiger partial charge in [0.05, 0.1) is 5.52 Å². The highest BCUT2D eigenvalue weighted by Gasteiger charge is 2.02. The van der Waals surface area contributed by atoms with Gasteiger partial charge in [0.2, 0.25) is 0 Å². The lowest BCUT2D eigenvalue weighted by Gasteiger charge is -2.08. The van der Waals surface area contributed by atoms with Gasteiger partial charge >= 0.3 is 0 Å². The molecule has 19 heavy (non-hydrogen) atoms. The SMILES string of the molecule is Brc1ccc(Nc2ncnc3ccccc23)cc1.[Cl-]. The average molecular weight is 336 g/mol. The molecule has 0 bridgehead atoms. The lowest BCUT2D eigenvalue weighted by atomic mass is 10.2. The summed E-state index contributed by atoms with van der Waals surface area (Å²) in [4.78, 5) is 8.53. The molecule has 0 spiro atoms. The van der Waals surface area contributed by atoms with Gasteiger partial charge in [-0.25, -0.2) is 9.97 Å². The number of aromatic nitrogens is 2. The van der Waals surface area contributed by atoms with Crippen molar-refractivity contribution in [3.63, 3.8) is 0 Å². The Balaban J connectivity index is 0.00000133. The van der Waals surface area contributed by atoms with Crippen LogP contribution >= 0.6 is 15.9 Å². The lowest BCUT2D eigenvalue weighted by Crippen LogP contribution is -3.00. The number of rotatable bonds is 2. The Morgan fingerprint density at radius 3 is 2.42 bits per heavy atom. The number of para-hydroxylation sites is 1. The molecular formula is C14H10BrClN3-. The van der Waals surface area contributed by atoms with Gasteiger partial charge in [-0.15, -0.1) is 0 Å². The first kappa shape index (κ1) is 13.8. The summed E-state index contributed by atoms with van der Waals surface area (Å²) in [6.07, 6.45) is 1.57. The van der Waals surface area contributed by atoms with Crippen LogP contribution in [-0.2, 0) is 0 Å². The monoisotopic (exact) mass is 334 g/mol. The van der Waals surface area contributed by atoms with Crippen LogP contribution in [0.25, 0.3) is 10.9 Å². The zero-order valence-corrected chi connectivity index (χ0v) is 12.2. The van der Waals surface area contributed by atoms with Crippen molar-refractivity contribution in [2.75, 3.05) is 5.32 Å². The first-order valence-corrected chi connectivity index (χ1v) is 6.34. The van der Waals surface area contributed by atoms with E-state index in [1.54, 1.807) is 6.33 Å². The van der Waals surface area contributed by atoms with E-state index in [9.17, 15) is 0 Å². The molecule has 0 amide bonds. The van der Waals surface area contributed by atoms with Crippen molar-refractivity contribution in [2.45, 2.75) is 0 Å².